The van der Waals surface area contributed by atoms with Gasteiger partial charge in [-0.05, 0) is 52.7 Å². The second-order valence-electron chi connectivity index (χ2n) is 10.1. The number of carbonyl (C=O) groups is 1. The number of alkyl carbamates (subject to hydrolysis) is 1. The molecule has 1 amide bonds. The predicted molar refractivity (Wildman–Crippen MR) is 139 cm³/mol. The van der Waals surface area contributed by atoms with Gasteiger partial charge >= 0.3 is 6.09 Å². The summed E-state index contributed by atoms with van der Waals surface area (Å²) >= 11 is 0. The molecule has 1 aliphatic carbocycles. The van der Waals surface area contributed by atoms with Gasteiger partial charge in [0.05, 0.1) is 5.56 Å². The lowest BCUT2D eigenvalue weighted by Crippen LogP contribution is -2.46. The Hall–Kier alpha value is -3.61. The lowest BCUT2D eigenvalue weighted by Gasteiger charge is -2.28. The zero-order valence-corrected chi connectivity index (χ0v) is 21.9. The molecule has 0 aromatic carbocycles. The van der Waals surface area contributed by atoms with E-state index in [4.69, 9.17) is 4.74 Å². The fourth-order valence-corrected chi connectivity index (χ4v) is 4.05. The van der Waals surface area contributed by atoms with Crippen LogP contribution in [0, 0.1) is 23.1 Å². The smallest absolute Gasteiger partial charge is 0.407 e. The summed E-state index contributed by atoms with van der Waals surface area (Å²) in [7, 11) is 1.88. The molecule has 2 heterocycles. The van der Waals surface area contributed by atoms with Gasteiger partial charge in [-0.3, -0.25) is 5.01 Å². The van der Waals surface area contributed by atoms with E-state index < -0.39 is 17.5 Å². The van der Waals surface area contributed by atoms with Gasteiger partial charge in [-0.2, -0.15) is 10.4 Å². The molecule has 3 rings (SSSR count). The lowest BCUT2D eigenvalue weighted by atomic mass is 9.97. The number of nitriles is 1. The number of hydrogen-bond acceptors (Lipinski definition) is 8. The molecule has 0 saturated carbocycles. The Kier molecular flexibility index (Phi) is 8.56. The molecular weight excluding hydrogens is 461 g/mol. The zero-order chi connectivity index (χ0) is 26.5. The van der Waals surface area contributed by atoms with Crippen LogP contribution < -0.4 is 16.0 Å². The molecule has 10 heteroatoms. The van der Waals surface area contributed by atoms with E-state index in [-0.39, 0.29) is 35.2 Å². The van der Waals surface area contributed by atoms with Gasteiger partial charge in [-0.25, -0.2) is 14.2 Å². The molecule has 2 aliphatic rings. The van der Waals surface area contributed by atoms with Crippen molar-refractivity contribution in [2.24, 2.45) is 11.0 Å². The van der Waals surface area contributed by atoms with Crippen LogP contribution in [0.4, 0.5) is 20.8 Å². The van der Waals surface area contributed by atoms with E-state index >= 15 is 0 Å². The lowest BCUT2D eigenvalue weighted by molar-refractivity contribution is 0.0502. The second kappa shape index (κ2) is 11.4. The van der Waals surface area contributed by atoms with E-state index in [1.807, 2.05) is 43.4 Å². The van der Waals surface area contributed by atoms with Crippen LogP contribution in [-0.4, -0.2) is 47.0 Å². The highest BCUT2D eigenvalue weighted by atomic mass is 19.1. The van der Waals surface area contributed by atoms with E-state index in [0.717, 1.165) is 30.7 Å². The number of aromatic nitrogens is 1. The predicted octanol–water partition coefficient (Wildman–Crippen LogP) is 5.11. The number of pyridine rings is 1. The van der Waals surface area contributed by atoms with Crippen molar-refractivity contribution in [3.8, 4) is 6.07 Å². The number of carbonyl (C=O) groups excluding carboxylic acids is 1. The number of fused-ring (bicyclic) bond motifs is 1. The van der Waals surface area contributed by atoms with Crippen LogP contribution in [0.3, 0.4) is 0 Å². The van der Waals surface area contributed by atoms with Gasteiger partial charge in [0.2, 0.25) is 0 Å². The van der Waals surface area contributed by atoms with E-state index in [2.05, 4.69) is 33.0 Å². The van der Waals surface area contributed by atoms with Crippen molar-refractivity contribution in [2.45, 2.75) is 78.0 Å². The first kappa shape index (κ1) is 27.0. The average Bonchev–Trinajstić information content (AvgIpc) is 3.17. The van der Waals surface area contributed by atoms with Crippen LogP contribution in [-0.2, 0) is 4.74 Å². The summed E-state index contributed by atoms with van der Waals surface area (Å²) in [6.45, 7) is 9.29. The number of nitrogens with one attached hydrogen (secondary N) is 3. The Balaban J connectivity index is 1.80. The van der Waals surface area contributed by atoms with Gasteiger partial charge in [-0.15, -0.1) is 0 Å². The van der Waals surface area contributed by atoms with Crippen molar-refractivity contribution in [1.29, 1.82) is 5.26 Å². The molecule has 1 aromatic rings. The number of ether oxygens (including phenoxy) is 1. The summed E-state index contributed by atoms with van der Waals surface area (Å²) in [5.41, 5.74) is 1.28. The standard InChI is InChI=1S/C26H36FN7O2/c1-7-8-9-21(16(2)30-25(35)36-26(3,4)5)32-24-20(27)12-18(14-28)23(33-24)31-19-11-10-17-15-29-34(6)22(17)13-19/h11-13,15-17,21H,7-10H2,1-6H3,(H,30,35)(H2,31,32,33)/t16-,17?,21+/m0/s1. The van der Waals surface area contributed by atoms with Crippen LogP contribution in [0.5, 0.6) is 0 Å². The highest BCUT2D eigenvalue weighted by Crippen LogP contribution is 2.30. The molecule has 0 saturated heterocycles. The van der Waals surface area contributed by atoms with E-state index in [1.165, 1.54) is 6.07 Å². The van der Waals surface area contributed by atoms with Gasteiger partial charge in [0.1, 0.15) is 11.7 Å². The molecule has 9 nitrogen and oxygen atoms in total. The number of unbranched alkanes of at least 4 members (excludes halogenated alkanes) is 1. The number of hydrazone groups is 1. The Bertz CT molecular complexity index is 1100. The molecule has 0 fully saturated rings. The topological polar surface area (TPSA) is 115 Å². The fourth-order valence-electron chi connectivity index (χ4n) is 4.05. The maximum absolute atomic E-state index is 15.0. The maximum Gasteiger partial charge on any atom is 0.407 e. The van der Waals surface area contributed by atoms with Gasteiger partial charge in [0, 0.05) is 42.7 Å². The first-order valence-corrected chi connectivity index (χ1v) is 12.3. The monoisotopic (exact) mass is 497 g/mol. The minimum Gasteiger partial charge on any atom is -0.444 e. The number of amides is 1. The number of anilines is 2. The van der Waals surface area contributed by atoms with Crippen molar-refractivity contribution in [1.82, 2.24) is 15.3 Å². The molecular formula is C26H36FN7O2. The Morgan fingerprint density at radius 2 is 2.14 bits per heavy atom. The molecule has 3 N–H and O–H groups in total. The molecule has 36 heavy (non-hydrogen) atoms. The molecule has 3 atom stereocenters. The second-order valence-corrected chi connectivity index (χ2v) is 10.1. The van der Waals surface area contributed by atoms with Crippen molar-refractivity contribution >= 4 is 23.9 Å². The maximum atomic E-state index is 15.0. The molecule has 0 radical (unpaired) electrons. The third-order valence-electron chi connectivity index (χ3n) is 5.97. The Morgan fingerprint density at radius 3 is 2.81 bits per heavy atom. The van der Waals surface area contributed by atoms with Gasteiger partial charge < -0.3 is 20.7 Å². The fraction of sp³-hybridized carbons (Fsp3) is 0.538. The first-order chi connectivity index (χ1) is 17.0. The number of halogens is 1. The summed E-state index contributed by atoms with van der Waals surface area (Å²) in [5, 5.41) is 24.9. The van der Waals surface area contributed by atoms with E-state index in [1.54, 1.807) is 20.8 Å². The normalized spacial score (nSPS) is 18.4. The largest absolute Gasteiger partial charge is 0.444 e. The zero-order valence-electron chi connectivity index (χ0n) is 21.9. The highest BCUT2D eigenvalue weighted by Gasteiger charge is 2.26. The van der Waals surface area contributed by atoms with Crippen molar-refractivity contribution in [3.05, 3.63) is 41.0 Å². The van der Waals surface area contributed by atoms with Gasteiger partial charge in [0.15, 0.2) is 17.5 Å². The number of hydrogen-bond donors (Lipinski definition) is 3. The summed E-state index contributed by atoms with van der Waals surface area (Å²) in [6, 6.07) is 2.52. The average molecular weight is 498 g/mol. The molecule has 1 aromatic heterocycles. The molecule has 0 bridgehead atoms. The van der Waals surface area contributed by atoms with Crippen LogP contribution in [0.15, 0.2) is 34.7 Å². The van der Waals surface area contributed by atoms with Gasteiger partial charge in [0.25, 0.3) is 0 Å². The Morgan fingerprint density at radius 1 is 1.39 bits per heavy atom. The molecule has 1 aliphatic heterocycles. The van der Waals surface area contributed by atoms with Crippen molar-refractivity contribution < 1.29 is 13.9 Å². The SMILES string of the molecule is CCCC[C@@H](Nc1nc(NC2=CCC3C=NN(C)C3=C2)c(C#N)cc1F)[C@H](C)NC(=O)OC(C)(C)C. The van der Waals surface area contributed by atoms with Crippen LogP contribution in [0.1, 0.15) is 65.9 Å². The summed E-state index contributed by atoms with van der Waals surface area (Å²) in [5.74, 6) is -0.138. The summed E-state index contributed by atoms with van der Waals surface area (Å²) in [6.07, 6.45) is 8.60. The van der Waals surface area contributed by atoms with E-state index in [0.29, 0.717) is 6.42 Å². The molecule has 1 unspecified atom stereocenters. The van der Waals surface area contributed by atoms with Gasteiger partial charge in [-0.1, -0.05) is 25.8 Å². The van der Waals surface area contributed by atoms with Crippen molar-refractivity contribution in [3.63, 3.8) is 0 Å². The third kappa shape index (κ3) is 6.97. The number of allylic oxidation sites excluding steroid dienone is 3. The molecule has 194 valence electrons. The van der Waals surface area contributed by atoms with Crippen LogP contribution in [0.2, 0.25) is 0 Å². The minimum absolute atomic E-state index is 0.0127. The summed E-state index contributed by atoms with van der Waals surface area (Å²) in [4.78, 5) is 16.7. The Labute approximate surface area is 212 Å². The van der Waals surface area contributed by atoms with Crippen LogP contribution >= 0.6 is 0 Å². The van der Waals surface area contributed by atoms with Crippen molar-refractivity contribution in [2.75, 3.05) is 17.7 Å². The van der Waals surface area contributed by atoms with Crippen LogP contribution in [0.25, 0.3) is 0 Å². The number of nitrogens with zero attached hydrogens (tertiary/aromatic N) is 4. The number of rotatable bonds is 9. The summed E-state index contributed by atoms with van der Waals surface area (Å²) < 4.78 is 20.4. The quantitative estimate of drug-likeness (QED) is 0.434. The third-order valence-corrected chi connectivity index (χ3v) is 5.97. The van der Waals surface area contributed by atoms with E-state index in [9.17, 15) is 14.4 Å². The minimum atomic E-state index is -0.636. The highest BCUT2D eigenvalue weighted by molar-refractivity contribution is 5.70. The molecule has 0 spiro atoms. The first-order valence-electron chi connectivity index (χ1n) is 12.3.